The van der Waals surface area contributed by atoms with Gasteiger partial charge in [-0.1, -0.05) is 5.16 Å². The van der Waals surface area contributed by atoms with E-state index in [2.05, 4.69) is 24.6 Å². The number of hydrogen-bond donors (Lipinski definition) is 0. The molecular weight excluding hydrogens is 353 g/mol. The molecule has 0 N–H and O–H groups in total. The molecule has 2 aromatic rings. The Kier molecular flexibility index (Phi) is 5.16. The van der Waals surface area contributed by atoms with Crippen molar-refractivity contribution in [3.63, 3.8) is 0 Å². The fourth-order valence-corrected chi connectivity index (χ4v) is 2.62. The van der Waals surface area contributed by atoms with Crippen molar-refractivity contribution in [1.82, 2.24) is 29.9 Å². The first kappa shape index (κ1) is 18.2. The highest BCUT2D eigenvalue weighted by molar-refractivity contribution is 5.92. The molecule has 8 nitrogen and oxygen atoms in total. The lowest BCUT2D eigenvalue weighted by Crippen LogP contribution is -2.35. The molecule has 0 radical (unpaired) electrons. The molecule has 1 saturated heterocycles. The second-order valence-electron chi connectivity index (χ2n) is 5.97. The van der Waals surface area contributed by atoms with E-state index in [-0.39, 0.29) is 24.0 Å². The lowest BCUT2D eigenvalue weighted by molar-refractivity contribution is -0.146. The van der Waals surface area contributed by atoms with Gasteiger partial charge in [-0.3, -0.25) is 14.7 Å². The third kappa shape index (κ3) is 4.34. The largest absolute Gasteiger partial charge is 0.455 e. The topological polar surface area (TPSA) is 88.3 Å². The van der Waals surface area contributed by atoms with E-state index in [1.807, 2.05) is 4.90 Å². The van der Waals surface area contributed by atoms with Gasteiger partial charge in [-0.15, -0.1) is 0 Å². The van der Waals surface area contributed by atoms with E-state index < -0.39 is 12.0 Å². The minimum absolute atomic E-state index is 0.0958. The lowest BCUT2D eigenvalue weighted by Gasteiger charge is -2.20. The molecule has 26 heavy (non-hydrogen) atoms. The molecule has 11 heteroatoms. The molecule has 1 amide bonds. The summed E-state index contributed by atoms with van der Waals surface area (Å²) >= 11 is 0. The van der Waals surface area contributed by atoms with Gasteiger partial charge in [0, 0.05) is 32.4 Å². The molecule has 1 aliphatic rings. The van der Waals surface area contributed by atoms with Crippen LogP contribution in [0.25, 0.3) is 0 Å². The average Bonchev–Trinajstić information content (AvgIpc) is 2.94. The summed E-state index contributed by atoms with van der Waals surface area (Å²) in [4.78, 5) is 27.6. The molecule has 0 spiro atoms. The second-order valence-corrected chi connectivity index (χ2v) is 5.97. The van der Waals surface area contributed by atoms with Gasteiger partial charge in [0.1, 0.15) is 5.69 Å². The standard InChI is InChI=1S/C15H17F3N6O2/c1-10-7-20-11(8-19-10)13(25)24-4-2-3-23(5-6-24)9-12-21-14(22-26-12)15(16,17)18/h7-8H,2-6,9H2,1H3. The van der Waals surface area contributed by atoms with Gasteiger partial charge < -0.3 is 9.42 Å². The lowest BCUT2D eigenvalue weighted by atomic mass is 10.3. The predicted molar refractivity (Wildman–Crippen MR) is 81.9 cm³/mol. The molecular formula is C15H17F3N6O2. The van der Waals surface area contributed by atoms with Crippen LogP contribution in [0.2, 0.25) is 0 Å². The summed E-state index contributed by atoms with van der Waals surface area (Å²) in [6, 6.07) is 0. The molecule has 0 bridgehead atoms. The van der Waals surface area contributed by atoms with E-state index >= 15 is 0 Å². The highest BCUT2D eigenvalue weighted by atomic mass is 19.4. The van der Waals surface area contributed by atoms with Crippen LogP contribution in [0, 0.1) is 6.92 Å². The molecule has 0 aromatic carbocycles. The number of aryl methyl sites for hydroxylation is 1. The Balaban J connectivity index is 1.58. The van der Waals surface area contributed by atoms with Crippen LogP contribution < -0.4 is 0 Å². The van der Waals surface area contributed by atoms with Crippen LogP contribution in [-0.2, 0) is 12.7 Å². The first-order valence-corrected chi connectivity index (χ1v) is 8.03. The monoisotopic (exact) mass is 370 g/mol. The summed E-state index contributed by atoms with van der Waals surface area (Å²) in [6.07, 6.45) is -0.979. The quantitative estimate of drug-likeness (QED) is 0.810. The number of nitrogens with zero attached hydrogens (tertiary/aromatic N) is 6. The number of hydrogen-bond acceptors (Lipinski definition) is 7. The van der Waals surface area contributed by atoms with E-state index in [0.29, 0.717) is 32.6 Å². The van der Waals surface area contributed by atoms with Crippen molar-refractivity contribution >= 4 is 5.91 Å². The summed E-state index contributed by atoms with van der Waals surface area (Å²) in [5.41, 5.74) is 0.997. The van der Waals surface area contributed by atoms with Crippen molar-refractivity contribution < 1.29 is 22.5 Å². The summed E-state index contributed by atoms with van der Waals surface area (Å²) < 4.78 is 42.2. The van der Waals surface area contributed by atoms with E-state index in [0.717, 1.165) is 5.69 Å². The molecule has 3 rings (SSSR count). The van der Waals surface area contributed by atoms with Crippen molar-refractivity contribution in [3.8, 4) is 0 Å². The predicted octanol–water partition coefficient (Wildman–Crippen LogP) is 1.53. The molecule has 0 aliphatic carbocycles. The number of rotatable bonds is 3. The number of aromatic nitrogens is 4. The minimum Gasteiger partial charge on any atom is -0.338 e. The van der Waals surface area contributed by atoms with Gasteiger partial charge in [0.15, 0.2) is 0 Å². The normalized spacial score (nSPS) is 16.5. The molecule has 0 unspecified atom stereocenters. The van der Waals surface area contributed by atoms with Gasteiger partial charge in [-0.25, -0.2) is 4.98 Å². The number of alkyl halides is 3. The first-order chi connectivity index (χ1) is 12.3. The molecule has 2 aromatic heterocycles. The Morgan fingerprint density at radius 3 is 2.65 bits per heavy atom. The van der Waals surface area contributed by atoms with Crippen molar-refractivity contribution in [3.05, 3.63) is 35.5 Å². The minimum atomic E-state index is -4.63. The van der Waals surface area contributed by atoms with Crippen molar-refractivity contribution in [2.24, 2.45) is 0 Å². The Hall–Kier alpha value is -2.56. The average molecular weight is 370 g/mol. The first-order valence-electron chi connectivity index (χ1n) is 8.03. The van der Waals surface area contributed by atoms with Gasteiger partial charge >= 0.3 is 6.18 Å². The van der Waals surface area contributed by atoms with Gasteiger partial charge in [0.2, 0.25) is 5.89 Å². The molecule has 0 atom stereocenters. The number of carbonyl (C=O) groups excluding carboxylic acids is 1. The maximum absolute atomic E-state index is 12.5. The maximum Gasteiger partial charge on any atom is 0.455 e. The van der Waals surface area contributed by atoms with Gasteiger partial charge in [-0.2, -0.15) is 18.2 Å². The van der Waals surface area contributed by atoms with Crippen molar-refractivity contribution in [1.29, 1.82) is 0 Å². The van der Waals surface area contributed by atoms with E-state index in [4.69, 9.17) is 0 Å². The number of halogens is 3. The Bertz CT molecular complexity index is 761. The summed E-state index contributed by atoms with van der Waals surface area (Å²) in [7, 11) is 0. The highest BCUT2D eigenvalue weighted by Crippen LogP contribution is 2.26. The third-order valence-corrected chi connectivity index (χ3v) is 3.96. The smallest absolute Gasteiger partial charge is 0.338 e. The maximum atomic E-state index is 12.5. The van der Waals surface area contributed by atoms with E-state index in [9.17, 15) is 18.0 Å². The Morgan fingerprint density at radius 2 is 2.00 bits per heavy atom. The zero-order chi connectivity index (χ0) is 18.7. The number of amides is 1. The van der Waals surface area contributed by atoms with Crippen LogP contribution in [0.5, 0.6) is 0 Å². The van der Waals surface area contributed by atoms with Crippen LogP contribution in [-0.4, -0.2) is 62.0 Å². The Labute approximate surface area is 147 Å². The Morgan fingerprint density at radius 1 is 1.19 bits per heavy atom. The van der Waals surface area contributed by atoms with E-state index in [1.54, 1.807) is 11.8 Å². The molecule has 3 heterocycles. The summed E-state index contributed by atoms with van der Waals surface area (Å²) in [5, 5.41) is 2.95. The zero-order valence-electron chi connectivity index (χ0n) is 14.0. The van der Waals surface area contributed by atoms with Crippen LogP contribution in [0.1, 0.15) is 34.3 Å². The molecule has 1 fully saturated rings. The van der Waals surface area contributed by atoms with E-state index in [1.165, 1.54) is 12.4 Å². The van der Waals surface area contributed by atoms with Crippen LogP contribution in [0.15, 0.2) is 16.9 Å². The van der Waals surface area contributed by atoms with Crippen molar-refractivity contribution in [2.75, 3.05) is 26.2 Å². The fraction of sp³-hybridized carbons (Fsp3) is 0.533. The molecule has 140 valence electrons. The summed E-state index contributed by atoms with van der Waals surface area (Å²) in [6.45, 7) is 3.93. The van der Waals surface area contributed by atoms with Crippen LogP contribution >= 0.6 is 0 Å². The van der Waals surface area contributed by atoms with Crippen molar-refractivity contribution in [2.45, 2.75) is 26.1 Å². The molecule has 0 saturated carbocycles. The zero-order valence-corrected chi connectivity index (χ0v) is 14.0. The number of carbonyl (C=O) groups is 1. The molecule has 1 aliphatic heterocycles. The van der Waals surface area contributed by atoms with Crippen LogP contribution in [0.3, 0.4) is 0 Å². The van der Waals surface area contributed by atoms with Crippen LogP contribution in [0.4, 0.5) is 13.2 Å². The van der Waals surface area contributed by atoms with Gasteiger partial charge in [0.25, 0.3) is 11.7 Å². The SMILES string of the molecule is Cc1cnc(C(=O)N2CCCN(Cc3nc(C(F)(F)F)no3)CC2)cn1. The third-order valence-electron chi connectivity index (χ3n) is 3.96. The summed E-state index contributed by atoms with van der Waals surface area (Å²) in [5.74, 6) is -1.59. The van der Waals surface area contributed by atoms with Gasteiger partial charge in [-0.05, 0) is 13.3 Å². The van der Waals surface area contributed by atoms with Gasteiger partial charge in [0.05, 0.1) is 18.4 Å². The second kappa shape index (κ2) is 7.36. The fourth-order valence-electron chi connectivity index (χ4n) is 2.62. The highest BCUT2D eigenvalue weighted by Gasteiger charge is 2.37.